The Morgan fingerprint density at radius 3 is 2.38 bits per heavy atom. The number of aromatic amines is 1. The zero-order chi connectivity index (χ0) is 11.5. The number of pyridine rings is 1. The van der Waals surface area contributed by atoms with E-state index in [0.717, 1.165) is 5.56 Å². The summed E-state index contributed by atoms with van der Waals surface area (Å²) in [7, 11) is 0. The molecule has 3 nitrogen and oxygen atoms in total. The molecule has 2 aromatic rings. The fourth-order valence-electron chi connectivity index (χ4n) is 1.46. The van der Waals surface area contributed by atoms with Crippen molar-refractivity contribution in [3.63, 3.8) is 0 Å². The fraction of sp³-hybridized carbons (Fsp3) is 0.0833. The average Bonchev–Trinajstić information content (AvgIpc) is 2.30. The van der Waals surface area contributed by atoms with Gasteiger partial charge in [0.05, 0.1) is 0 Å². The molecule has 0 amide bonds. The molecule has 82 valence electrons. The van der Waals surface area contributed by atoms with Crippen LogP contribution >= 0.6 is 0 Å². The summed E-state index contributed by atoms with van der Waals surface area (Å²) in [6, 6.07) is 9.37. The van der Waals surface area contributed by atoms with Crippen molar-refractivity contribution in [2.75, 3.05) is 0 Å². The molecule has 3 N–H and O–H groups in total. The maximum Gasteiger partial charge on any atom is 0.252 e. The molecular formula is C12H11FN2O. The Labute approximate surface area is 91.7 Å². The van der Waals surface area contributed by atoms with Gasteiger partial charge in [-0.15, -0.1) is 0 Å². The molecule has 0 aliphatic rings. The maximum atomic E-state index is 12.7. The Hall–Kier alpha value is -1.94. The molecule has 0 radical (unpaired) electrons. The summed E-state index contributed by atoms with van der Waals surface area (Å²) in [5.74, 6) is -0.301. The molecule has 0 spiro atoms. The first-order chi connectivity index (χ1) is 7.70. The average molecular weight is 218 g/mol. The van der Waals surface area contributed by atoms with Gasteiger partial charge in [-0.25, -0.2) is 4.39 Å². The van der Waals surface area contributed by atoms with Gasteiger partial charge in [0.25, 0.3) is 5.56 Å². The van der Waals surface area contributed by atoms with Gasteiger partial charge in [0.2, 0.25) is 0 Å². The van der Waals surface area contributed by atoms with Crippen molar-refractivity contribution < 1.29 is 4.39 Å². The number of aromatic nitrogens is 1. The van der Waals surface area contributed by atoms with E-state index in [1.807, 2.05) is 0 Å². The Morgan fingerprint density at radius 2 is 1.81 bits per heavy atom. The zero-order valence-electron chi connectivity index (χ0n) is 8.53. The highest BCUT2D eigenvalue weighted by atomic mass is 19.1. The van der Waals surface area contributed by atoms with E-state index in [0.29, 0.717) is 11.3 Å². The van der Waals surface area contributed by atoms with Gasteiger partial charge in [-0.2, -0.15) is 0 Å². The normalized spacial score (nSPS) is 10.4. The topological polar surface area (TPSA) is 58.9 Å². The molecule has 1 aromatic carbocycles. The minimum absolute atomic E-state index is 0.204. The van der Waals surface area contributed by atoms with E-state index in [1.54, 1.807) is 24.3 Å². The van der Waals surface area contributed by atoms with Gasteiger partial charge in [-0.3, -0.25) is 4.79 Å². The Bertz CT molecular complexity index is 546. The first-order valence-corrected chi connectivity index (χ1v) is 4.89. The molecule has 16 heavy (non-hydrogen) atoms. The number of hydrogen-bond acceptors (Lipinski definition) is 2. The SMILES string of the molecule is NCc1ccc(-c2ccc(F)cc2)[nH]c1=O. The van der Waals surface area contributed by atoms with Crippen molar-refractivity contribution in [1.29, 1.82) is 0 Å². The van der Waals surface area contributed by atoms with Gasteiger partial charge in [0.1, 0.15) is 5.82 Å². The highest BCUT2D eigenvalue weighted by molar-refractivity contribution is 5.58. The number of rotatable bonds is 2. The minimum atomic E-state index is -0.301. The summed E-state index contributed by atoms with van der Waals surface area (Å²) in [6.45, 7) is 0.207. The largest absolute Gasteiger partial charge is 0.326 e. The second-order valence-corrected chi connectivity index (χ2v) is 3.44. The first-order valence-electron chi connectivity index (χ1n) is 4.89. The van der Waals surface area contributed by atoms with Crippen LogP contribution in [0.4, 0.5) is 4.39 Å². The highest BCUT2D eigenvalue weighted by Gasteiger charge is 2.01. The Balaban J connectivity index is 2.45. The fourth-order valence-corrected chi connectivity index (χ4v) is 1.46. The van der Waals surface area contributed by atoms with Gasteiger partial charge < -0.3 is 10.7 Å². The molecule has 0 bridgehead atoms. The molecule has 0 saturated carbocycles. The van der Waals surface area contributed by atoms with Crippen LogP contribution in [-0.2, 0) is 6.54 Å². The molecule has 0 aliphatic carbocycles. The van der Waals surface area contributed by atoms with Gasteiger partial charge in [-0.05, 0) is 35.9 Å². The van der Waals surface area contributed by atoms with E-state index in [2.05, 4.69) is 4.98 Å². The number of nitrogens with two attached hydrogens (primary N) is 1. The van der Waals surface area contributed by atoms with Crippen molar-refractivity contribution >= 4 is 0 Å². The zero-order valence-corrected chi connectivity index (χ0v) is 8.53. The summed E-state index contributed by atoms with van der Waals surface area (Å²) in [5, 5.41) is 0. The third kappa shape index (κ3) is 2.01. The van der Waals surface area contributed by atoms with Crippen LogP contribution in [0.5, 0.6) is 0 Å². The predicted octanol–water partition coefficient (Wildman–Crippen LogP) is 1.64. The van der Waals surface area contributed by atoms with Crippen molar-refractivity contribution in [2.45, 2.75) is 6.54 Å². The Morgan fingerprint density at radius 1 is 1.12 bits per heavy atom. The van der Waals surface area contributed by atoms with Gasteiger partial charge in [0.15, 0.2) is 0 Å². The van der Waals surface area contributed by atoms with E-state index in [1.165, 1.54) is 12.1 Å². The van der Waals surface area contributed by atoms with Crippen LogP contribution in [0.25, 0.3) is 11.3 Å². The molecule has 2 rings (SSSR count). The summed E-state index contributed by atoms with van der Waals surface area (Å²) in [6.07, 6.45) is 0. The molecular weight excluding hydrogens is 207 g/mol. The molecule has 0 unspecified atom stereocenters. The number of H-pyrrole nitrogens is 1. The smallest absolute Gasteiger partial charge is 0.252 e. The van der Waals surface area contributed by atoms with Crippen LogP contribution in [0.1, 0.15) is 5.56 Å². The summed E-state index contributed by atoms with van der Waals surface area (Å²) < 4.78 is 12.7. The quantitative estimate of drug-likeness (QED) is 0.805. The minimum Gasteiger partial charge on any atom is -0.326 e. The van der Waals surface area contributed by atoms with Crippen molar-refractivity contribution in [3.05, 3.63) is 58.1 Å². The number of halogens is 1. The predicted molar refractivity (Wildman–Crippen MR) is 60.3 cm³/mol. The van der Waals surface area contributed by atoms with Crippen molar-refractivity contribution in [1.82, 2.24) is 4.98 Å². The molecule has 0 fully saturated rings. The monoisotopic (exact) mass is 218 g/mol. The van der Waals surface area contributed by atoms with Crippen LogP contribution in [0.3, 0.4) is 0 Å². The lowest BCUT2D eigenvalue weighted by molar-refractivity contribution is 0.628. The van der Waals surface area contributed by atoms with E-state index >= 15 is 0 Å². The summed E-state index contributed by atoms with van der Waals surface area (Å²) >= 11 is 0. The molecule has 0 atom stereocenters. The number of benzene rings is 1. The van der Waals surface area contributed by atoms with Crippen LogP contribution in [0.2, 0.25) is 0 Å². The molecule has 0 saturated heterocycles. The molecule has 1 heterocycles. The third-order valence-electron chi connectivity index (χ3n) is 2.37. The third-order valence-corrected chi connectivity index (χ3v) is 2.37. The lowest BCUT2D eigenvalue weighted by atomic mass is 10.1. The van der Waals surface area contributed by atoms with Gasteiger partial charge in [0, 0.05) is 17.8 Å². The molecule has 0 aliphatic heterocycles. The van der Waals surface area contributed by atoms with Crippen molar-refractivity contribution in [3.8, 4) is 11.3 Å². The van der Waals surface area contributed by atoms with Gasteiger partial charge >= 0.3 is 0 Å². The second-order valence-electron chi connectivity index (χ2n) is 3.44. The Kier molecular flexibility index (Phi) is 2.83. The lowest BCUT2D eigenvalue weighted by Gasteiger charge is -2.02. The van der Waals surface area contributed by atoms with E-state index in [9.17, 15) is 9.18 Å². The van der Waals surface area contributed by atoms with Crippen LogP contribution in [-0.4, -0.2) is 4.98 Å². The van der Waals surface area contributed by atoms with E-state index < -0.39 is 0 Å². The standard InChI is InChI=1S/C12H11FN2O/c13-10-4-1-8(2-5-10)11-6-3-9(7-14)12(16)15-11/h1-6H,7,14H2,(H,15,16). The maximum absolute atomic E-state index is 12.7. The first kappa shape index (κ1) is 10.6. The lowest BCUT2D eigenvalue weighted by Crippen LogP contribution is -2.15. The number of hydrogen-bond donors (Lipinski definition) is 2. The van der Waals surface area contributed by atoms with Crippen molar-refractivity contribution in [2.24, 2.45) is 5.73 Å². The van der Waals surface area contributed by atoms with E-state index in [4.69, 9.17) is 5.73 Å². The second kappa shape index (κ2) is 4.28. The van der Waals surface area contributed by atoms with Gasteiger partial charge in [-0.1, -0.05) is 6.07 Å². The van der Waals surface area contributed by atoms with Crippen LogP contribution in [0, 0.1) is 5.82 Å². The number of nitrogens with one attached hydrogen (secondary N) is 1. The van der Waals surface area contributed by atoms with Crippen LogP contribution < -0.4 is 11.3 Å². The van der Waals surface area contributed by atoms with Crippen LogP contribution in [0.15, 0.2) is 41.2 Å². The highest BCUT2D eigenvalue weighted by Crippen LogP contribution is 2.15. The summed E-state index contributed by atoms with van der Waals surface area (Å²) in [4.78, 5) is 14.2. The van der Waals surface area contributed by atoms with E-state index in [-0.39, 0.29) is 17.9 Å². The molecule has 4 heteroatoms. The summed E-state index contributed by atoms with van der Waals surface area (Å²) in [5.41, 5.74) is 7.14. The molecule has 1 aromatic heterocycles.